The lowest BCUT2D eigenvalue weighted by Crippen LogP contribution is -2.65. The Labute approximate surface area is 233 Å². The third-order valence-electron chi connectivity index (χ3n) is 6.51. The second-order valence-corrected chi connectivity index (χ2v) is 9.91. The van der Waals surface area contributed by atoms with Gasteiger partial charge < -0.3 is 37.9 Å². The van der Waals surface area contributed by atoms with Gasteiger partial charge in [-0.25, -0.2) is 0 Å². The monoisotopic (exact) mass is 566 g/mol. The molecule has 0 aromatic heterocycles. The predicted octanol–water partition coefficient (Wildman–Crippen LogP) is 2.24. The largest absolute Gasteiger partial charge is 0.457 e. The smallest absolute Gasteiger partial charge is 0.303 e. The summed E-state index contributed by atoms with van der Waals surface area (Å²) in [5.41, 5.74) is 0.899. The van der Waals surface area contributed by atoms with Gasteiger partial charge in [-0.1, -0.05) is 30.3 Å². The summed E-state index contributed by atoms with van der Waals surface area (Å²) in [6.45, 7) is 10.2. The second-order valence-electron chi connectivity index (χ2n) is 9.91. The molecule has 12 heteroatoms. The number of rotatable bonds is 9. The van der Waals surface area contributed by atoms with Crippen LogP contribution in [0.4, 0.5) is 0 Å². The van der Waals surface area contributed by atoms with Crippen molar-refractivity contribution in [3.05, 3.63) is 35.9 Å². The molecule has 222 valence electrons. The third-order valence-corrected chi connectivity index (χ3v) is 6.51. The van der Waals surface area contributed by atoms with Crippen LogP contribution in [-0.4, -0.2) is 85.1 Å². The van der Waals surface area contributed by atoms with Crippen molar-refractivity contribution in [3.63, 3.8) is 0 Å². The number of carbonyl (C=O) groups is 4. The third kappa shape index (κ3) is 8.23. The Morgan fingerprint density at radius 3 is 1.60 bits per heavy atom. The molecule has 0 saturated carbocycles. The van der Waals surface area contributed by atoms with E-state index in [-0.39, 0.29) is 6.61 Å². The highest BCUT2D eigenvalue weighted by atomic mass is 16.7. The molecule has 0 N–H and O–H groups in total. The van der Waals surface area contributed by atoms with Gasteiger partial charge in [0.15, 0.2) is 30.7 Å². The van der Waals surface area contributed by atoms with Gasteiger partial charge in [-0.3, -0.25) is 19.2 Å². The van der Waals surface area contributed by atoms with Gasteiger partial charge in [0.1, 0.15) is 12.2 Å². The molecule has 2 saturated heterocycles. The normalized spacial score (nSPS) is 33.9. The average Bonchev–Trinajstić information content (AvgIpc) is 2.85. The van der Waals surface area contributed by atoms with Gasteiger partial charge in [0.25, 0.3) is 0 Å². The minimum atomic E-state index is -1.33. The van der Waals surface area contributed by atoms with E-state index in [9.17, 15) is 19.2 Å². The highest BCUT2D eigenvalue weighted by Gasteiger charge is 2.54. The predicted molar refractivity (Wildman–Crippen MR) is 136 cm³/mol. The SMILES string of the molecule is CC(=O)OC1[C@H](O[C@@H]2C(OC(C)=O)[C@H](C)OC(C)[C@@H]2OCc2ccccc2)OC(C)[C@H](OC(C)=O)[C@@H]1OC(C)=O. The van der Waals surface area contributed by atoms with E-state index in [0.717, 1.165) is 5.56 Å². The molecule has 0 bridgehead atoms. The number of ether oxygens (including phenoxy) is 8. The van der Waals surface area contributed by atoms with Crippen molar-refractivity contribution >= 4 is 23.9 Å². The maximum atomic E-state index is 12.1. The van der Waals surface area contributed by atoms with Crippen LogP contribution in [0.5, 0.6) is 0 Å². The summed E-state index contributed by atoms with van der Waals surface area (Å²) < 4.78 is 46.7. The zero-order chi connectivity index (χ0) is 29.6. The van der Waals surface area contributed by atoms with Crippen molar-refractivity contribution < 1.29 is 57.1 Å². The van der Waals surface area contributed by atoms with Crippen molar-refractivity contribution in [3.8, 4) is 0 Å². The molecule has 1 aromatic rings. The van der Waals surface area contributed by atoms with Crippen LogP contribution >= 0.6 is 0 Å². The van der Waals surface area contributed by atoms with Crippen LogP contribution in [0, 0.1) is 0 Å². The van der Waals surface area contributed by atoms with Gasteiger partial charge in [0, 0.05) is 27.7 Å². The van der Waals surface area contributed by atoms with Crippen LogP contribution in [0.25, 0.3) is 0 Å². The van der Waals surface area contributed by atoms with E-state index in [1.54, 1.807) is 20.8 Å². The molecule has 0 aliphatic carbocycles. The quantitative estimate of drug-likeness (QED) is 0.319. The molecule has 40 heavy (non-hydrogen) atoms. The van der Waals surface area contributed by atoms with E-state index < -0.39 is 85.1 Å². The van der Waals surface area contributed by atoms with Gasteiger partial charge in [0.2, 0.25) is 0 Å². The first-order valence-electron chi connectivity index (χ1n) is 13.2. The van der Waals surface area contributed by atoms with E-state index in [4.69, 9.17) is 37.9 Å². The summed E-state index contributed by atoms with van der Waals surface area (Å²) in [5, 5.41) is 0. The molecular weight excluding hydrogens is 528 g/mol. The molecule has 10 atom stereocenters. The molecule has 2 heterocycles. The van der Waals surface area contributed by atoms with Crippen molar-refractivity contribution in [2.45, 2.75) is 116 Å². The average molecular weight is 567 g/mol. The molecule has 0 spiro atoms. The second kappa shape index (κ2) is 14.0. The molecule has 0 amide bonds. The molecule has 1 aromatic carbocycles. The van der Waals surface area contributed by atoms with Crippen LogP contribution in [0.2, 0.25) is 0 Å². The number of hydrogen-bond acceptors (Lipinski definition) is 12. The minimum Gasteiger partial charge on any atom is -0.457 e. The molecule has 2 aliphatic rings. The maximum Gasteiger partial charge on any atom is 0.303 e. The Bertz CT molecular complexity index is 1030. The summed E-state index contributed by atoms with van der Waals surface area (Å²) in [7, 11) is 0. The first-order chi connectivity index (χ1) is 18.9. The highest BCUT2D eigenvalue weighted by molar-refractivity contribution is 5.68. The number of benzene rings is 1. The molecular formula is C28H38O12. The number of carbonyl (C=O) groups excluding carboxylic acids is 4. The molecule has 2 aliphatic heterocycles. The molecule has 4 unspecified atom stereocenters. The van der Waals surface area contributed by atoms with Crippen molar-refractivity contribution in [2.24, 2.45) is 0 Å². The summed E-state index contributed by atoms with van der Waals surface area (Å²) in [5.74, 6) is -2.61. The number of hydrogen-bond donors (Lipinski definition) is 0. The van der Waals surface area contributed by atoms with Crippen molar-refractivity contribution in [1.82, 2.24) is 0 Å². The van der Waals surface area contributed by atoms with Crippen molar-refractivity contribution in [2.75, 3.05) is 0 Å². The molecule has 0 radical (unpaired) electrons. The molecule has 2 fully saturated rings. The fourth-order valence-electron chi connectivity index (χ4n) is 4.96. The summed E-state index contributed by atoms with van der Waals surface area (Å²) in [4.78, 5) is 48.1. The lowest BCUT2D eigenvalue weighted by Gasteiger charge is -2.48. The number of esters is 4. The lowest BCUT2D eigenvalue weighted by molar-refractivity contribution is -0.340. The Balaban J connectivity index is 1.98. The fraction of sp³-hybridized carbons (Fsp3) is 0.643. The van der Waals surface area contributed by atoms with Gasteiger partial charge in [-0.15, -0.1) is 0 Å². The van der Waals surface area contributed by atoms with Crippen LogP contribution in [0.15, 0.2) is 30.3 Å². The van der Waals surface area contributed by atoms with E-state index in [2.05, 4.69) is 0 Å². The summed E-state index contributed by atoms with van der Waals surface area (Å²) in [6.07, 6.45) is -9.55. The lowest BCUT2D eigenvalue weighted by atomic mass is 9.94. The van der Waals surface area contributed by atoms with Gasteiger partial charge in [0.05, 0.1) is 24.9 Å². The molecule has 12 nitrogen and oxygen atoms in total. The molecule has 3 rings (SSSR count). The maximum absolute atomic E-state index is 12.1. The standard InChI is InChI=1S/C28H38O12/c1-14-22(33-13-21-11-9-8-10-12-21)25(23(15(2)34-14)36-17(4)29)40-28-27(39-20(7)32)26(38-19(6)31)24(16(3)35-28)37-18(5)30/h8-12,14-16,22-28H,13H2,1-7H3/t14?,15-,16?,22-,23?,24-,25-,26-,27?,28-/m0/s1. The Kier molecular flexibility index (Phi) is 11.0. The fourth-order valence-corrected chi connectivity index (χ4v) is 4.96. The van der Waals surface area contributed by atoms with Crippen LogP contribution < -0.4 is 0 Å². The van der Waals surface area contributed by atoms with Gasteiger partial charge in [-0.2, -0.15) is 0 Å². The van der Waals surface area contributed by atoms with E-state index >= 15 is 0 Å². The summed E-state index contributed by atoms with van der Waals surface area (Å²) >= 11 is 0. The first-order valence-corrected chi connectivity index (χ1v) is 13.2. The Hall–Kier alpha value is -3.06. The Morgan fingerprint density at radius 1 is 0.600 bits per heavy atom. The van der Waals surface area contributed by atoms with E-state index in [0.29, 0.717) is 0 Å². The summed E-state index contributed by atoms with van der Waals surface area (Å²) in [6, 6.07) is 9.45. The van der Waals surface area contributed by atoms with E-state index in [1.165, 1.54) is 27.7 Å². The first kappa shape index (κ1) is 31.5. The zero-order valence-corrected chi connectivity index (χ0v) is 23.8. The minimum absolute atomic E-state index is 0.208. The highest BCUT2D eigenvalue weighted by Crippen LogP contribution is 2.35. The topological polar surface area (TPSA) is 142 Å². The Morgan fingerprint density at radius 2 is 1.05 bits per heavy atom. The van der Waals surface area contributed by atoms with E-state index in [1.807, 2.05) is 30.3 Å². The van der Waals surface area contributed by atoms with Gasteiger partial charge >= 0.3 is 23.9 Å². The van der Waals surface area contributed by atoms with Crippen LogP contribution in [-0.2, 0) is 63.7 Å². The van der Waals surface area contributed by atoms with Gasteiger partial charge in [-0.05, 0) is 26.3 Å². The van der Waals surface area contributed by atoms with Crippen LogP contribution in [0.1, 0.15) is 54.0 Å². The van der Waals surface area contributed by atoms with Crippen molar-refractivity contribution in [1.29, 1.82) is 0 Å². The zero-order valence-electron chi connectivity index (χ0n) is 23.8. The van der Waals surface area contributed by atoms with Crippen LogP contribution in [0.3, 0.4) is 0 Å².